The van der Waals surface area contributed by atoms with Crippen molar-refractivity contribution in [3.05, 3.63) is 24.3 Å². The number of hydrogen-bond acceptors (Lipinski definition) is 5. The van der Waals surface area contributed by atoms with Gasteiger partial charge in [0.15, 0.2) is 9.84 Å². The van der Waals surface area contributed by atoms with E-state index in [2.05, 4.69) is 22.3 Å². The topological polar surface area (TPSA) is 58.6 Å². The summed E-state index contributed by atoms with van der Waals surface area (Å²) in [5, 5.41) is 2.85. The summed E-state index contributed by atoms with van der Waals surface area (Å²) in [4.78, 5) is 2.29. The summed E-state index contributed by atoms with van der Waals surface area (Å²) in [6, 6.07) is 8.11. The first kappa shape index (κ1) is 16.1. The van der Waals surface area contributed by atoms with Crippen LogP contribution >= 0.6 is 0 Å². The van der Waals surface area contributed by atoms with Crippen LogP contribution in [0.2, 0.25) is 0 Å². The second-order valence-corrected chi connectivity index (χ2v) is 8.17. The molecule has 1 saturated heterocycles. The van der Waals surface area contributed by atoms with Crippen LogP contribution in [0.15, 0.2) is 24.3 Å². The smallest absolute Gasteiger partial charge is 0.154 e. The molecule has 1 heterocycles. The minimum Gasteiger partial charge on any atom is -0.384 e. The summed E-state index contributed by atoms with van der Waals surface area (Å²) in [5.74, 6) is 0.163. The van der Waals surface area contributed by atoms with Crippen molar-refractivity contribution in [3.63, 3.8) is 0 Å². The van der Waals surface area contributed by atoms with Crippen LogP contribution in [0.25, 0.3) is 0 Å². The number of morpholine rings is 1. The lowest BCUT2D eigenvalue weighted by molar-refractivity contribution is 0.122. The molecule has 1 aliphatic heterocycles. The quantitative estimate of drug-likeness (QED) is 0.867. The molecule has 1 aliphatic rings. The number of hydrogen-bond donors (Lipinski definition) is 1. The van der Waals surface area contributed by atoms with E-state index >= 15 is 0 Å². The molecule has 0 amide bonds. The van der Waals surface area contributed by atoms with Crippen LogP contribution in [0.3, 0.4) is 0 Å². The summed E-state index contributed by atoms with van der Waals surface area (Å²) in [7, 11) is -2.98. The van der Waals surface area contributed by atoms with Crippen LogP contribution < -0.4 is 10.2 Å². The maximum Gasteiger partial charge on any atom is 0.154 e. The Morgan fingerprint density at radius 2 is 1.81 bits per heavy atom. The van der Waals surface area contributed by atoms with Gasteiger partial charge in [-0.15, -0.1) is 0 Å². The Balaban J connectivity index is 1.85. The molecule has 1 aromatic carbocycles. The van der Waals surface area contributed by atoms with Crippen molar-refractivity contribution >= 4 is 21.2 Å². The van der Waals surface area contributed by atoms with Crippen LogP contribution in [0, 0.1) is 0 Å². The predicted molar refractivity (Wildman–Crippen MR) is 86.9 cm³/mol. The van der Waals surface area contributed by atoms with Gasteiger partial charge in [0.2, 0.25) is 0 Å². The molecule has 6 heteroatoms. The van der Waals surface area contributed by atoms with Gasteiger partial charge in [0.1, 0.15) is 0 Å². The fourth-order valence-electron chi connectivity index (χ4n) is 2.18. The van der Waals surface area contributed by atoms with Crippen molar-refractivity contribution in [2.45, 2.75) is 19.1 Å². The standard InChI is InChI=1S/C15H24N2O3S/c1-13(2)21(18,19)12-7-16-14-3-5-15(6-4-14)17-8-10-20-11-9-17/h3-6,13,16H,7-12H2,1-2H3. The van der Waals surface area contributed by atoms with Gasteiger partial charge in [0.25, 0.3) is 0 Å². The van der Waals surface area contributed by atoms with Crippen molar-refractivity contribution in [2.24, 2.45) is 0 Å². The maximum atomic E-state index is 11.7. The molecule has 2 rings (SSSR count). The van der Waals surface area contributed by atoms with Gasteiger partial charge in [-0.2, -0.15) is 0 Å². The summed E-state index contributed by atoms with van der Waals surface area (Å²) < 4.78 is 28.8. The number of ether oxygens (including phenoxy) is 1. The van der Waals surface area contributed by atoms with Gasteiger partial charge in [0, 0.05) is 31.0 Å². The Morgan fingerprint density at radius 1 is 1.19 bits per heavy atom. The van der Waals surface area contributed by atoms with Crippen LogP contribution in [0.4, 0.5) is 11.4 Å². The first-order chi connectivity index (χ1) is 9.99. The molecule has 0 saturated carbocycles. The Labute approximate surface area is 127 Å². The van der Waals surface area contributed by atoms with Gasteiger partial charge in [-0.25, -0.2) is 8.42 Å². The third-order valence-electron chi connectivity index (χ3n) is 3.68. The van der Waals surface area contributed by atoms with Gasteiger partial charge < -0.3 is 15.0 Å². The minimum absolute atomic E-state index is 0.163. The van der Waals surface area contributed by atoms with Crippen molar-refractivity contribution in [1.82, 2.24) is 0 Å². The van der Waals surface area contributed by atoms with Crippen LogP contribution in [-0.2, 0) is 14.6 Å². The van der Waals surface area contributed by atoms with E-state index < -0.39 is 9.84 Å². The molecule has 1 N–H and O–H groups in total. The Hall–Kier alpha value is -1.27. The fraction of sp³-hybridized carbons (Fsp3) is 0.600. The lowest BCUT2D eigenvalue weighted by Crippen LogP contribution is -2.36. The van der Waals surface area contributed by atoms with Gasteiger partial charge in [0.05, 0.1) is 24.2 Å². The zero-order valence-electron chi connectivity index (χ0n) is 12.7. The molecule has 0 radical (unpaired) electrons. The zero-order chi connectivity index (χ0) is 15.3. The normalized spacial score (nSPS) is 16.2. The number of rotatable bonds is 6. The second kappa shape index (κ2) is 7.13. The Bertz CT molecular complexity index is 535. The summed E-state index contributed by atoms with van der Waals surface area (Å²) >= 11 is 0. The number of nitrogens with zero attached hydrogens (tertiary/aromatic N) is 1. The summed E-state index contributed by atoms with van der Waals surface area (Å²) in [6.07, 6.45) is 0. The van der Waals surface area contributed by atoms with E-state index in [1.165, 1.54) is 5.69 Å². The highest BCUT2D eigenvalue weighted by molar-refractivity contribution is 7.92. The van der Waals surface area contributed by atoms with Crippen LogP contribution in [0.5, 0.6) is 0 Å². The average molecular weight is 312 g/mol. The molecule has 0 aliphatic carbocycles. The zero-order valence-corrected chi connectivity index (χ0v) is 13.5. The van der Waals surface area contributed by atoms with Gasteiger partial charge >= 0.3 is 0 Å². The van der Waals surface area contributed by atoms with Gasteiger partial charge in [-0.3, -0.25) is 0 Å². The second-order valence-electron chi connectivity index (χ2n) is 5.49. The third-order valence-corrected chi connectivity index (χ3v) is 5.89. The third kappa shape index (κ3) is 4.61. The minimum atomic E-state index is -2.98. The molecular formula is C15H24N2O3S. The number of sulfone groups is 1. The van der Waals surface area contributed by atoms with E-state index in [9.17, 15) is 8.42 Å². The van der Waals surface area contributed by atoms with Crippen LogP contribution in [0.1, 0.15) is 13.8 Å². The van der Waals surface area contributed by atoms with E-state index in [1.807, 2.05) is 12.1 Å². The van der Waals surface area contributed by atoms with Crippen molar-refractivity contribution < 1.29 is 13.2 Å². The highest BCUT2D eigenvalue weighted by Crippen LogP contribution is 2.18. The fourth-order valence-corrected chi connectivity index (χ4v) is 3.04. The largest absolute Gasteiger partial charge is 0.384 e. The summed E-state index contributed by atoms with van der Waals surface area (Å²) in [5.41, 5.74) is 2.13. The summed E-state index contributed by atoms with van der Waals surface area (Å²) in [6.45, 7) is 7.25. The van der Waals surface area contributed by atoms with Crippen molar-refractivity contribution in [3.8, 4) is 0 Å². The molecule has 0 spiro atoms. The van der Waals surface area contributed by atoms with E-state index in [0.29, 0.717) is 6.54 Å². The molecular weight excluding hydrogens is 288 g/mol. The maximum absolute atomic E-state index is 11.7. The molecule has 0 unspecified atom stereocenters. The monoisotopic (exact) mass is 312 g/mol. The van der Waals surface area contributed by atoms with E-state index in [4.69, 9.17) is 4.74 Å². The van der Waals surface area contributed by atoms with E-state index in [-0.39, 0.29) is 11.0 Å². The molecule has 1 fully saturated rings. The van der Waals surface area contributed by atoms with Crippen LogP contribution in [-0.4, -0.2) is 52.3 Å². The highest BCUT2D eigenvalue weighted by atomic mass is 32.2. The van der Waals surface area contributed by atoms with Crippen molar-refractivity contribution in [1.29, 1.82) is 0 Å². The first-order valence-corrected chi connectivity index (χ1v) is 9.09. The predicted octanol–water partition coefficient (Wildman–Crippen LogP) is 1.76. The number of benzene rings is 1. The molecule has 21 heavy (non-hydrogen) atoms. The average Bonchev–Trinajstić information content (AvgIpc) is 2.48. The molecule has 118 valence electrons. The molecule has 5 nitrogen and oxygen atoms in total. The van der Waals surface area contributed by atoms with E-state index in [0.717, 1.165) is 32.0 Å². The lowest BCUT2D eigenvalue weighted by atomic mass is 10.2. The van der Waals surface area contributed by atoms with Gasteiger partial charge in [-0.1, -0.05) is 0 Å². The van der Waals surface area contributed by atoms with E-state index in [1.54, 1.807) is 13.8 Å². The molecule has 1 aromatic rings. The number of nitrogens with one attached hydrogen (secondary N) is 1. The number of anilines is 2. The first-order valence-electron chi connectivity index (χ1n) is 7.37. The molecule has 0 aromatic heterocycles. The highest BCUT2D eigenvalue weighted by Gasteiger charge is 2.15. The lowest BCUT2D eigenvalue weighted by Gasteiger charge is -2.28. The van der Waals surface area contributed by atoms with Crippen molar-refractivity contribution in [2.75, 3.05) is 48.8 Å². The molecule has 0 bridgehead atoms. The molecule has 0 atom stereocenters. The van der Waals surface area contributed by atoms with Gasteiger partial charge in [-0.05, 0) is 38.1 Å². The Kier molecular flexibility index (Phi) is 5.47. The SMILES string of the molecule is CC(C)S(=O)(=O)CCNc1ccc(N2CCOCC2)cc1. The Morgan fingerprint density at radius 3 is 2.38 bits per heavy atom.